The molecule has 3 heterocycles. The minimum Gasteiger partial charge on any atom is -0.494 e. The van der Waals surface area contributed by atoms with E-state index in [2.05, 4.69) is 47.4 Å². The summed E-state index contributed by atoms with van der Waals surface area (Å²) in [6.07, 6.45) is 2.68. The van der Waals surface area contributed by atoms with Crippen LogP contribution in [0.1, 0.15) is 38.9 Å². The summed E-state index contributed by atoms with van der Waals surface area (Å²) < 4.78 is 25.7. The number of carbonyl (C=O) groups excluding carboxylic acids is 2. The van der Waals surface area contributed by atoms with E-state index in [0.29, 0.717) is 60.8 Å². The predicted octanol–water partition coefficient (Wildman–Crippen LogP) is 5.97. The normalized spacial score (nSPS) is 13.7. The van der Waals surface area contributed by atoms with E-state index in [1.165, 1.54) is 0 Å². The second kappa shape index (κ2) is 17.5. The molecule has 0 N–H and O–H groups in total. The number of aryl methyl sites for hydroxylation is 1. The van der Waals surface area contributed by atoms with E-state index >= 15 is 0 Å². The number of hydrogen-bond donors (Lipinski definition) is 0. The van der Waals surface area contributed by atoms with Gasteiger partial charge in [0.2, 0.25) is 17.7 Å². The lowest BCUT2D eigenvalue weighted by atomic mass is 10.1. The smallest absolute Gasteiger partial charge is 0.293 e. The summed E-state index contributed by atoms with van der Waals surface area (Å²) in [5.74, 6) is 4.96. The molecule has 0 aliphatic carbocycles. The van der Waals surface area contributed by atoms with Crippen molar-refractivity contribution < 1.29 is 28.2 Å². The zero-order valence-corrected chi connectivity index (χ0v) is 28.4. The van der Waals surface area contributed by atoms with E-state index in [-0.39, 0.29) is 11.2 Å². The Morgan fingerprint density at radius 1 is 1.17 bits per heavy atom. The molecule has 11 nitrogen and oxygen atoms in total. The SMILES string of the molecule is CCOC=O.COc1cccc(OC)c1-n1c(-c2ccc(C)o2)nnc1N(CCSI)SC(C)CN1CCCCC1=O. The number of ether oxygens (including phenoxy) is 3. The number of carbonyl (C=O) groups is 2. The molecule has 1 saturated heterocycles. The van der Waals surface area contributed by atoms with Gasteiger partial charge in [0.15, 0.2) is 5.76 Å². The van der Waals surface area contributed by atoms with Crippen LogP contribution in [0, 0.1) is 6.92 Å². The van der Waals surface area contributed by atoms with Crippen molar-refractivity contribution in [3.8, 4) is 28.8 Å². The molecule has 0 saturated carbocycles. The van der Waals surface area contributed by atoms with Crippen LogP contribution in [0.2, 0.25) is 0 Å². The molecule has 0 bridgehead atoms. The van der Waals surface area contributed by atoms with Gasteiger partial charge in [0.25, 0.3) is 6.47 Å². The summed E-state index contributed by atoms with van der Waals surface area (Å²) in [7, 11) is 5.01. The number of amides is 1. The molecule has 14 heteroatoms. The lowest BCUT2D eigenvalue weighted by molar-refractivity contribution is -0.133. The number of methoxy groups -OCH3 is 2. The quantitative estimate of drug-likeness (QED) is 0.111. The molecular weight excluding hydrogens is 693 g/mol. The predicted molar refractivity (Wildman–Crippen MR) is 176 cm³/mol. The molecule has 230 valence electrons. The van der Waals surface area contributed by atoms with Gasteiger partial charge in [-0.05, 0) is 91.0 Å². The van der Waals surface area contributed by atoms with Crippen LogP contribution in [0.25, 0.3) is 17.3 Å². The van der Waals surface area contributed by atoms with Crippen LogP contribution in [0.3, 0.4) is 0 Å². The fraction of sp³-hybridized carbons (Fsp3) is 0.500. The average molecular weight is 732 g/mol. The van der Waals surface area contributed by atoms with Gasteiger partial charge in [-0.2, -0.15) is 0 Å². The molecule has 1 amide bonds. The minimum absolute atomic E-state index is 0.153. The van der Waals surface area contributed by atoms with Gasteiger partial charge in [0.1, 0.15) is 22.9 Å². The first-order valence-corrected chi connectivity index (χ1v) is 18.0. The van der Waals surface area contributed by atoms with Crippen molar-refractivity contribution in [2.24, 2.45) is 0 Å². The van der Waals surface area contributed by atoms with Gasteiger partial charge < -0.3 is 23.5 Å². The Labute approximate surface area is 267 Å². The van der Waals surface area contributed by atoms with Crippen LogP contribution in [-0.2, 0) is 14.3 Å². The summed E-state index contributed by atoms with van der Waals surface area (Å²) in [5, 5.41) is 9.38. The molecule has 42 heavy (non-hydrogen) atoms. The lowest BCUT2D eigenvalue weighted by Gasteiger charge is -2.31. The largest absolute Gasteiger partial charge is 0.494 e. The van der Waals surface area contributed by atoms with Gasteiger partial charge in [0.05, 0.1) is 20.8 Å². The summed E-state index contributed by atoms with van der Waals surface area (Å²) in [4.78, 5) is 23.6. The van der Waals surface area contributed by atoms with Crippen LogP contribution in [0.4, 0.5) is 5.95 Å². The Kier molecular flexibility index (Phi) is 14.1. The highest BCUT2D eigenvalue weighted by Gasteiger charge is 2.29. The highest BCUT2D eigenvalue weighted by Crippen LogP contribution is 2.40. The number of rotatable bonds is 14. The maximum atomic E-state index is 12.4. The maximum absolute atomic E-state index is 12.4. The molecule has 1 unspecified atom stereocenters. The van der Waals surface area contributed by atoms with Crippen molar-refractivity contribution in [3.05, 3.63) is 36.1 Å². The number of piperidine rings is 1. The Hall–Kier alpha value is -2.59. The van der Waals surface area contributed by atoms with Crippen LogP contribution in [0.5, 0.6) is 11.5 Å². The van der Waals surface area contributed by atoms with Crippen molar-refractivity contribution in [2.45, 2.75) is 45.3 Å². The Balaban J connectivity index is 0.000000892. The zero-order chi connectivity index (χ0) is 30.5. The molecule has 3 aromatic rings. The molecule has 4 rings (SSSR count). The third-order valence-electron chi connectivity index (χ3n) is 6.27. The van der Waals surface area contributed by atoms with Crippen molar-refractivity contribution in [2.75, 3.05) is 50.5 Å². The summed E-state index contributed by atoms with van der Waals surface area (Å²) in [6, 6.07) is 9.47. The van der Waals surface area contributed by atoms with E-state index in [1.54, 1.807) is 42.0 Å². The average Bonchev–Trinajstić information content (AvgIpc) is 3.62. The molecular formula is C28H38IN5O6S2. The van der Waals surface area contributed by atoms with E-state index < -0.39 is 0 Å². The van der Waals surface area contributed by atoms with Gasteiger partial charge in [-0.3, -0.25) is 18.5 Å². The number of benzene rings is 1. The summed E-state index contributed by atoms with van der Waals surface area (Å²) in [6.45, 7) is 8.95. The van der Waals surface area contributed by atoms with Gasteiger partial charge in [0, 0.05) is 37.1 Å². The van der Waals surface area contributed by atoms with E-state index in [4.69, 9.17) is 13.9 Å². The van der Waals surface area contributed by atoms with Gasteiger partial charge in [-0.25, -0.2) is 0 Å². The first-order valence-electron chi connectivity index (χ1n) is 13.6. The first kappa shape index (κ1) is 33.9. The molecule has 1 aliphatic heterocycles. The fourth-order valence-corrected chi connectivity index (χ4v) is 6.46. The minimum atomic E-state index is 0.153. The van der Waals surface area contributed by atoms with Crippen LogP contribution >= 0.6 is 42.1 Å². The summed E-state index contributed by atoms with van der Waals surface area (Å²) >= 11 is 3.98. The van der Waals surface area contributed by atoms with Gasteiger partial charge in [-0.1, -0.05) is 15.0 Å². The number of nitrogens with zero attached hydrogens (tertiary/aromatic N) is 5. The van der Waals surface area contributed by atoms with Crippen molar-refractivity contribution in [1.82, 2.24) is 19.7 Å². The Morgan fingerprint density at radius 3 is 2.45 bits per heavy atom. The third kappa shape index (κ3) is 8.96. The zero-order valence-electron chi connectivity index (χ0n) is 24.6. The highest BCUT2D eigenvalue weighted by molar-refractivity contribution is 14.2. The summed E-state index contributed by atoms with van der Waals surface area (Å²) in [5.41, 5.74) is 0.697. The van der Waals surface area contributed by atoms with Crippen LogP contribution in [-0.4, -0.2) is 83.5 Å². The van der Waals surface area contributed by atoms with E-state index in [0.717, 1.165) is 37.4 Å². The van der Waals surface area contributed by atoms with Crippen LogP contribution < -0.4 is 13.8 Å². The van der Waals surface area contributed by atoms with Gasteiger partial charge >= 0.3 is 0 Å². The molecule has 1 aromatic carbocycles. The van der Waals surface area contributed by atoms with Crippen molar-refractivity contribution in [1.29, 1.82) is 0 Å². The van der Waals surface area contributed by atoms with Crippen molar-refractivity contribution >= 4 is 60.4 Å². The number of halogens is 1. The first-order chi connectivity index (χ1) is 20.4. The number of furan rings is 1. The highest BCUT2D eigenvalue weighted by atomic mass is 127. The maximum Gasteiger partial charge on any atom is 0.293 e. The number of hydrogen-bond acceptors (Lipinski definition) is 11. The number of para-hydroxylation sites is 1. The standard InChI is InChI=1S/C25H32IN5O4S2.C3H6O2/c1-17-11-12-21(35-17)24-27-28-25(31(24)23-19(33-3)8-7-9-20(23)34-4)30(14-15-36-26)37-18(2)16-29-13-6-5-10-22(29)32;1-2-5-3-4/h7-9,11-12,18H,5-6,10,13-16H2,1-4H3;3H,2H2,1H3. The van der Waals surface area contributed by atoms with Crippen LogP contribution in [0.15, 0.2) is 34.7 Å². The van der Waals surface area contributed by atoms with Gasteiger partial charge in [-0.15, -0.1) is 10.2 Å². The van der Waals surface area contributed by atoms with E-state index in [1.807, 2.05) is 46.7 Å². The molecule has 1 fully saturated rings. The monoisotopic (exact) mass is 731 g/mol. The third-order valence-corrected chi connectivity index (χ3v) is 9.03. The molecule has 1 atom stereocenters. The fourth-order valence-electron chi connectivity index (χ4n) is 4.41. The Morgan fingerprint density at radius 2 is 1.90 bits per heavy atom. The molecule has 0 radical (unpaired) electrons. The van der Waals surface area contributed by atoms with E-state index in [9.17, 15) is 9.59 Å². The molecule has 2 aromatic heterocycles. The number of likely N-dealkylation sites (tertiary alicyclic amines) is 1. The number of anilines is 1. The second-order valence-electron chi connectivity index (χ2n) is 9.26. The lowest BCUT2D eigenvalue weighted by Crippen LogP contribution is -2.40. The number of aromatic nitrogens is 3. The topological polar surface area (TPSA) is 112 Å². The second-order valence-corrected chi connectivity index (χ2v) is 13.2. The Bertz CT molecular complexity index is 1270. The van der Waals surface area contributed by atoms with Crippen molar-refractivity contribution in [3.63, 3.8) is 0 Å². The molecule has 1 aliphatic rings. The molecule has 0 spiro atoms.